The average molecular weight is 608 g/mol. The van der Waals surface area contributed by atoms with E-state index < -0.39 is 38.8 Å². The lowest BCUT2D eigenvalue weighted by molar-refractivity contribution is -0.133. The summed E-state index contributed by atoms with van der Waals surface area (Å²) in [4.78, 5) is 57.2. The zero-order valence-corrected chi connectivity index (χ0v) is 24.2. The van der Waals surface area contributed by atoms with Gasteiger partial charge >= 0.3 is 14.5 Å². The molecule has 2 fully saturated rings. The van der Waals surface area contributed by atoms with Crippen LogP contribution in [-0.4, -0.2) is 104 Å². The summed E-state index contributed by atoms with van der Waals surface area (Å²) in [6.07, 6.45) is 1.87. The molecular formula is C20H39N3O10P2S2. The van der Waals surface area contributed by atoms with Crippen LogP contribution in [0.2, 0.25) is 0 Å². The van der Waals surface area contributed by atoms with Crippen LogP contribution in [0.15, 0.2) is 0 Å². The largest absolute Gasteiger partial charge is 0.472 e. The number of unbranched alkanes of at least 4 members (excludes halogenated alkanes) is 2. The number of nitrogens with zero attached hydrogens (tertiary/aromatic N) is 2. The molecule has 2 rings (SSSR count). The number of thiol groups is 1. The van der Waals surface area contributed by atoms with Crippen LogP contribution in [0.5, 0.6) is 0 Å². The summed E-state index contributed by atoms with van der Waals surface area (Å²) in [5, 5.41) is 9.99. The summed E-state index contributed by atoms with van der Waals surface area (Å²) in [6, 6.07) is -1.22. The molecule has 0 aromatic carbocycles. The highest BCUT2D eigenvalue weighted by atomic mass is 32.5. The highest BCUT2D eigenvalue weighted by Gasteiger charge is 2.41. The Morgan fingerprint density at radius 3 is 2.16 bits per heavy atom. The standard InChI is InChI=1S/C20H39N3O10P2S2/c21-7-3-1-2-5-19(25)23-12-18(10-16(23)14-32-35(29,30)37)33-34(27,28)31-13-15-9-17(24)11-22(15)20(26)6-4-8-36/h15-18,24,36H,1-14,21H2,(H,27,28)(H2,29,30,37)/t15-,16-,17+,18+/m0/s1. The van der Waals surface area contributed by atoms with Gasteiger partial charge in [0.1, 0.15) is 0 Å². The number of nitrogens with two attached hydrogens (primary N) is 1. The lowest BCUT2D eigenvalue weighted by Gasteiger charge is -2.25. The third-order valence-electron chi connectivity index (χ3n) is 6.20. The summed E-state index contributed by atoms with van der Waals surface area (Å²) >= 11 is 8.58. The molecule has 0 spiro atoms. The van der Waals surface area contributed by atoms with Crippen molar-refractivity contribution in [2.75, 3.05) is 38.6 Å². The van der Waals surface area contributed by atoms with E-state index in [1.165, 1.54) is 9.80 Å². The van der Waals surface area contributed by atoms with Crippen molar-refractivity contribution in [1.29, 1.82) is 0 Å². The highest BCUT2D eigenvalue weighted by Crippen LogP contribution is 2.47. The van der Waals surface area contributed by atoms with Crippen LogP contribution in [0.3, 0.4) is 0 Å². The minimum atomic E-state index is -4.59. The molecule has 2 heterocycles. The second kappa shape index (κ2) is 15.6. The Hall–Kier alpha value is -0.150. The van der Waals surface area contributed by atoms with E-state index in [0.717, 1.165) is 12.8 Å². The molecule has 17 heteroatoms. The van der Waals surface area contributed by atoms with Gasteiger partial charge in [0.15, 0.2) is 0 Å². The molecule has 13 nitrogen and oxygen atoms in total. The Morgan fingerprint density at radius 2 is 1.54 bits per heavy atom. The van der Waals surface area contributed by atoms with Crippen LogP contribution in [0.25, 0.3) is 0 Å². The number of likely N-dealkylation sites (tertiary alicyclic amines) is 2. The number of aliphatic hydroxyl groups is 1. The molecule has 6 N–H and O–H groups in total. The maximum absolute atomic E-state index is 12.8. The predicted octanol–water partition coefficient (Wildman–Crippen LogP) is 0.506. The Balaban J connectivity index is 1.96. The molecule has 216 valence electrons. The molecule has 2 saturated heterocycles. The van der Waals surface area contributed by atoms with Crippen LogP contribution in [0, 0.1) is 0 Å². The Bertz CT molecular complexity index is 851. The Morgan fingerprint density at radius 1 is 0.946 bits per heavy atom. The van der Waals surface area contributed by atoms with Gasteiger partial charge in [-0.1, -0.05) is 6.42 Å². The molecule has 2 aliphatic rings. The number of phosphoric acid groups is 1. The van der Waals surface area contributed by atoms with Crippen LogP contribution in [0.4, 0.5) is 0 Å². The fourth-order valence-electron chi connectivity index (χ4n) is 4.47. The summed E-state index contributed by atoms with van der Waals surface area (Å²) < 4.78 is 28.2. The first-order valence-corrected chi connectivity index (χ1v) is 17.0. The Labute approximate surface area is 227 Å². The number of hydrogen-bond acceptors (Lipinski definition) is 10. The minimum Gasteiger partial charge on any atom is -0.391 e. The number of hydrogen-bond donors (Lipinski definition) is 6. The van der Waals surface area contributed by atoms with E-state index in [4.69, 9.17) is 19.3 Å². The van der Waals surface area contributed by atoms with Crippen molar-refractivity contribution in [2.45, 2.75) is 75.7 Å². The first-order valence-electron chi connectivity index (χ1n) is 12.3. The summed E-state index contributed by atoms with van der Waals surface area (Å²) in [5.74, 6) is 0.112. The molecule has 0 bridgehead atoms. The number of amides is 2. The topological polar surface area (TPSA) is 192 Å². The van der Waals surface area contributed by atoms with E-state index >= 15 is 0 Å². The van der Waals surface area contributed by atoms with Crippen LogP contribution >= 0.6 is 27.2 Å². The maximum atomic E-state index is 12.8. The van der Waals surface area contributed by atoms with Gasteiger partial charge in [0.05, 0.1) is 37.5 Å². The second-order valence-electron chi connectivity index (χ2n) is 9.23. The SMILES string of the molecule is NCCCCCC(=O)N1C[C@H](OP(=O)(O)OC[C@@H]2C[C@@H](O)CN2C(=O)CCCS)C[C@H]1COP(O)(O)=S. The van der Waals surface area contributed by atoms with Gasteiger partial charge in [-0.15, -0.1) is 0 Å². The van der Waals surface area contributed by atoms with Gasteiger partial charge in [-0.2, -0.15) is 12.6 Å². The van der Waals surface area contributed by atoms with Gasteiger partial charge in [-0.3, -0.25) is 18.6 Å². The lowest BCUT2D eigenvalue weighted by Crippen LogP contribution is -2.38. The first-order chi connectivity index (χ1) is 17.3. The van der Waals surface area contributed by atoms with E-state index in [1.807, 2.05) is 0 Å². The van der Waals surface area contributed by atoms with E-state index in [9.17, 15) is 33.9 Å². The molecule has 2 amide bonds. The van der Waals surface area contributed by atoms with E-state index in [0.29, 0.717) is 25.1 Å². The molecular weight excluding hydrogens is 568 g/mol. The summed E-state index contributed by atoms with van der Waals surface area (Å²) in [6.45, 7) is -3.91. The molecule has 0 aliphatic carbocycles. The van der Waals surface area contributed by atoms with Crippen molar-refractivity contribution in [2.24, 2.45) is 5.73 Å². The zero-order valence-electron chi connectivity index (χ0n) is 20.7. The number of aliphatic hydroxyl groups excluding tert-OH is 1. The van der Waals surface area contributed by atoms with Crippen molar-refractivity contribution in [1.82, 2.24) is 9.80 Å². The van der Waals surface area contributed by atoms with Crippen LogP contribution in [0.1, 0.15) is 51.4 Å². The molecule has 37 heavy (non-hydrogen) atoms. The third-order valence-corrected chi connectivity index (χ3v) is 8.36. The monoisotopic (exact) mass is 607 g/mol. The van der Waals surface area contributed by atoms with Gasteiger partial charge in [-0.25, -0.2) is 4.57 Å². The molecule has 1 unspecified atom stereocenters. The van der Waals surface area contributed by atoms with Crippen LogP contribution in [-0.2, 0) is 39.5 Å². The van der Waals surface area contributed by atoms with Gasteiger partial charge in [0.25, 0.3) is 0 Å². The maximum Gasteiger partial charge on any atom is 0.472 e. The number of rotatable bonds is 16. The normalized spacial score (nSPS) is 26.0. The van der Waals surface area contributed by atoms with Gasteiger partial charge in [0, 0.05) is 25.9 Å². The van der Waals surface area contributed by atoms with Crippen molar-refractivity contribution in [3.8, 4) is 0 Å². The third kappa shape index (κ3) is 11.9. The molecule has 0 radical (unpaired) electrons. The summed E-state index contributed by atoms with van der Waals surface area (Å²) in [7, 11) is -4.59. The Kier molecular flexibility index (Phi) is 13.9. The van der Waals surface area contributed by atoms with E-state index in [1.54, 1.807) is 0 Å². The fourth-order valence-corrected chi connectivity index (χ4v) is 6.12. The zero-order chi connectivity index (χ0) is 27.6. The average Bonchev–Trinajstić information content (AvgIpc) is 3.39. The first kappa shape index (κ1) is 33.1. The van der Waals surface area contributed by atoms with Crippen molar-refractivity contribution in [3.05, 3.63) is 0 Å². The highest BCUT2D eigenvalue weighted by molar-refractivity contribution is 8.06. The van der Waals surface area contributed by atoms with Gasteiger partial charge in [0.2, 0.25) is 11.8 Å². The van der Waals surface area contributed by atoms with Crippen molar-refractivity contribution < 1.29 is 47.5 Å². The van der Waals surface area contributed by atoms with Gasteiger partial charge < -0.3 is 39.8 Å². The van der Waals surface area contributed by atoms with Gasteiger partial charge in [-0.05, 0) is 56.2 Å². The molecule has 5 atom stereocenters. The number of carbonyl (C=O) groups is 2. The molecule has 0 aromatic rings. The molecule has 0 saturated carbocycles. The van der Waals surface area contributed by atoms with E-state index in [-0.39, 0.29) is 63.8 Å². The smallest absolute Gasteiger partial charge is 0.391 e. The number of β-amino-alcohol motifs (C(OH)–C–C–N with tert-alkyl or cyclic N) is 1. The number of phosphoric ester groups is 1. The molecule has 0 aromatic heterocycles. The lowest BCUT2D eigenvalue weighted by atomic mass is 10.1. The van der Waals surface area contributed by atoms with Crippen molar-refractivity contribution >= 4 is 50.8 Å². The van der Waals surface area contributed by atoms with Crippen molar-refractivity contribution in [3.63, 3.8) is 0 Å². The van der Waals surface area contributed by atoms with E-state index in [2.05, 4.69) is 24.4 Å². The molecule has 2 aliphatic heterocycles. The fraction of sp³-hybridized carbons (Fsp3) is 0.900. The minimum absolute atomic E-state index is 0.0200. The summed E-state index contributed by atoms with van der Waals surface area (Å²) in [5.41, 5.74) is 5.48. The second-order valence-corrected chi connectivity index (χ2v) is 13.7. The van der Waals surface area contributed by atoms with Crippen LogP contribution < -0.4 is 5.73 Å². The number of carbonyl (C=O) groups excluding carboxylic acids is 2. The quantitative estimate of drug-likeness (QED) is 0.0810. The predicted molar refractivity (Wildman–Crippen MR) is 142 cm³/mol.